The van der Waals surface area contributed by atoms with E-state index in [1.54, 1.807) is 12.1 Å². The van der Waals surface area contributed by atoms with Crippen LogP contribution in [0.1, 0.15) is 38.1 Å². The van der Waals surface area contributed by atoms with Crippen LogP contribution >= 0.6 is 0 Å². The van der Waals surface area contributed by atoms with E-state index >= 15 is 0 Å². The Balaban J connectivity index is 2.12. The van der Waals surface area contributed by atoms with Gasteiger partial charge in [-0.2, -0.15) is 0 Å². The molecule has 0 bridgehead atoms. The van der Waals surface area contributed by atoms with E-state index in [2.05, 4.69) is 34.4 Å². The molecule has 1 aromatic heterocycles. The summed E-state index contributed by atoms with van der Waals surface area (Å²) in [6.45, 7) is 7.57. The van der Waals surface area contributed by atoms with Crippen molar-refractivity contribution in [3.63, 3.8) is 0 Å². The molecule has 112 valence electrons. The maximum Gasteiger partial charge on any atom is 0.135 e. The zero-order chi connectivity index (χ0) is 15.2. The van der Waals surface area contributed by atoms with E-state index in [0.29, 0.717) is 6.54 Å². The molecule has 1 heterocycles. The van der Waals surface area contributed by atoms with Gasteiger partial charge in [-0.05, 0) is 24.6 Å². The lowest BCUT2D eigenvalue weighted by molar-refractivity contribution is 0.627. The fourth-order valence-electron chi connectivity index (χ4n) is 1.88. The maximum atomic E-state index is 12.9. The van der Waals surface area contributed by atoms with E-state index in [-0.39, 0.29) is 11.7 Å². The smallest absolute Gasteiger partial charge is 0.135 e. The molecule has 0 saturated heterocycles. The van der Waals surface area contributed by atoms with Crippen molar-refractivity contribution in [2.75, 3.05) is 17.2 Å². The highest BCUT2D eigenvalue weighted by Gasteiger charge is 2.07. The lowest BCUT2D eigenvalue weighted by Crippen LogP contribution is -2.09. The van der Waals surface area contributed by atoms with Crippen LogP contribution in [0.5, 0.6) is 0 Å². The van der Waals surface area contributed by atoms with E-state index in [0.717, 1.165) is 29.6 Å². The van der Waals surface area contributed by atoms with Crippen molar-refractivity contribution in [3.05, 3.63) is 47.5 Å². The SMILES string of the molecule is CCNc1cc(NCc2ccc(F)cc2)nc(C(C)C)n1. The highest BCUT2D eigenvalue weighted by atomic mass is 19.1. The first-order valence-electron chi connectivity index (χ1n) is 7.19. The van der Waals surface area contributed by atoms with Gasteiger partial charge >= 0.3 is 0 Å². The summed E-state index contributed by atoms with van der Waals surface area (Å²) in [4.78, 5) is 8.99. The van der Waals surface area contributed by atoms with Gasteiger partial charge in [0.25, 0.3) is 0 Å². The van der Waals surface area contributed by atoms with Gasteiger partial charge in [-0.15, -0.1) is 0 Å². The van der Waals surface area contributed by atoms with Gasteiger partial charge in [0, 0.05) is 25.1 Å². The van der Waals surface area contributed by atoms with Crippen LogP contribution in [0, 0.1) is 5.82 Å². The lowest BCUT2D eigenvalue weighted by atomic mass is 10.2. The number of nitrogens with zero attached hydrogens (tertiary/aromatic N) is 2. The predicted molar refractivity (Wildman–Crippen MR) is 84.0 cm³/mol. The van der Waals surface area contributed by atoms with E-state index in [4.69, 9.17) is 0 Å². The van der Waals surface area contributed by atoms with Crippen LogP contribution in [-0.4, -0.2) is 16.5 Å². The van der Waals surface area contributed by atoms with E-state index in [1.165, 1.54) is 12.1 Å². The van der Waals surface area contributed by atoms with Gasteiger partial charge in [0.05, 0.1) is 0 Å². The summed E-state index contributed by atoms with van der Waals surface area (Å²) in [5.74, 6) is 2.43. The number of halogens is 1. The maximum absolute atomic E-state index is 12.9. The summed E-state index contributed by atoms with van der Waals surface area (Å²) >= 11 is 0. The first-order valence-corrected chi connectivity index (χ1v) is 7.19. The number of aromatic nitrogens is 2. The van der Waals surface area contributed by atoms with Crippen molar-refractivity contribution in [1.29, 1.82) is 0 Å². The van der Waals surface area contributed by atoms with Crippen LogP contribution in [-0.2, 0) is 6.54 Å². The van der Waals surface area contributed by atoms with Crippen molar-refractivity contribution in [2.24, 2.45) is 0 Å². The molecule has 0 aliphatic carbocycles. The molecule has 2 aromatic rings. The van der Waals surface area contributed by atoms with E-state index < -0.39 is 0 Å². The molecule has 0 aliphatic heterocycles. The van der Waals surface area contributed by atoms with E-state index in [1.807, 2.05) is 13.0 Å². The van der Waals surface area contributed by atoms with Gasteiger partial charge in [-0.25, -0.2) is 14.4 Å². The van der Waals surface area contributed by atoms with Crippen LogP contribution in [0.3, 0.4) is 0 Å². The molecule has 0 amide bonds. The average Bonchev–Trinajstić information content (AvgIpc) is 2.47. The summed E-state index contributed by atoms with van der Waals surface area (Å²) in [6.07, 6.45) is 0. The van der Waals surface area contributed by atoms with Crippen LogP contribution < -0.4 is 10.6 Å². The summed E-state index contributed by atoms with van der Waals surface area (Å²) in [5, 5.41) is 6.47. The molecule has 0 aliphatic rings. The minimum Gasteiger partial charge on any atom is -0.370 e. The molecule has 1 aromatic carbocycles. The summed E-state index contributed by atoms with van der Waals surface area (Å²) in [7, 11) is 0. The molecular formula is C16H21FN4. The minimum atomic E-state index is -0.225. The number of rotatable bonds is 6. The van der Waals surface area contributed by atoms with Gasteiger partial charge in [-0.3, -0.25) is 0 Å². The summed E-state index contributed by atoms with van der Waals surface area (Å²) in [5.41, 5.74) is 1.01. The van der Waals surface area contributed by atoms with Gasteiger partial charge in [0.2, 0.25) is 0 Å². The highest BCUT2D eigenvalue weighted by molar-refractivity contribution is 5.48. The molecule has 4 nitrogen and oxygen atoms in total. The molecule has 2 N–H and O–H groups in total. The molecule has 5 heteroatoms. The van der Waals surface area contributed by atoms with Crippen molar-refractivity contribution < 1.29 is 4.39 Å². The fourth-order valence-corrected chi connectivity index (χ4v) is 1.88. The topological polar surface area (TPSA) is 49.8 Å². The normalized spacial score (nSPS) is 10.7. The number of hydrogen-bond donors (Lipinski definition) is 2. The molecule has 0 radical (unpaired) electrons. The molecule has 0 atom stereocenters. The van der Waals surface area contributed by atoms with Gasteiger partial charge in [0.15, 0.2) is 0 Å². The fraction of sp³-hybridized carbons (Fsp3) is 0.375. The third-order valence-electron chi connectivity index (χ3n) is 3.00. The second kappa shape index (κ2) is 7.02. The van der Waals surface area contributed by atoms with Crippen molar-refractivity contribution in [1.82, 2.24) is 9.97 Å². The predicted octanol–water partition coefficient (Wildman–Crippen LogP) is 3.78. The molecule has 0 unspecified atom stereocenters. The van der Waals surface area contributed by atoms with Gasteiger partial charge < -0.3 is 10.6 Å². The van der Waals surface area contributed by atoms with Gasteiger partial charge in [0.1, 0.15) is 23.3 Å². The standard InChI is InChI=1S/C16H21FN4/c1-4-18-14-9-15(21-16(20-14)11(2)3)19-10-12-5-7-13(17)8-6-12/h5-9,11H,4,10H2,1-3H3,(H2,18,19,20,21). The van der Waals surface area contributed by atoms with Crippen LogP contribution in [0.2, 0.25) is 0 Å². The van der Waals surface area contributed by atoms with Crippen molar-refractivity contribution >= 4 is 11.6 Å². The zero-order valence-electron chi connectivity index (χ0n) is 12.7. The molecule has 21 heavy (non-hydrogen) atoms. The Morgan fingerprint density at radius 2 is 1.67 bits per heavy atom. The second-order valence-corrected chi connectivity index (χ2v) is 5.16. The average molecular weight is 288 g/mol. The molecule has 0 spiro atoms. The molecule has 2 rings (SSSR count). The van der Waals surface area contributed by atoms with Crippen LogP contribution in [0.4, 0.5) is 16.0 Å². The van der Waals surface area contributed by atoms with Crippen molar-refractivity contribution in [2.45, 2.75) is 33.2 Å². The van der Waals surface area contributed by atoms with Gasteiger partial charge in [-0.1, -0.05) is 26.0 Å². The second-order valence-electron chi connectivity index (χ2n) is 5.16. The summed E-state index contributed by atoms with van der Waals surface area (Å²) in [6, 6.07) is 8.33. The first-order chi connectivity index (χ1) is 10.1. The molecular weight excluding hydrogens is 267 g/mol. The van der Waals surface area contributed by atoms with Crippen LogP contribution in [0.15, 0.2) is 30.3 Å². The van der Waals surface area contributed by atoms with E-state index in [9.17, 15) is 4.39 Å². The number of anilines is 2. The Labute approximate surface area is 124 Å². The first kappa shape index (κ1) is 15.2. The molecule has 0 saturated carbocycles. The Morgan fingerprint density at radius 3 is 2.24 bits per heavy atom. The lowest BCUT2D eigenvalue weighted by Gasteiger charge is -2.12. The Hall–Kier alpha value is -2.17. The minimum absolute atomic E-state index is 0.225. The quantitative estimate of drug-likeness (QED) is 0.849. The largest absolute Gasteiger partial charge is 0.370 e. The van der Waals surface area contributed by atoms with Crippen molar-refractivity contribution in [3.8, 4) is 0 Å². The Bertz CT molecular complexity index is 581. The zero-order valence-corrected chi connectivity index (χ0v) is 12.7. The van der Waals surface area contributed by atoms with Crippen LogP contribution in [0.25, 0.3) is 0 Å². The third-order valence-corrected chi connectivity index (χ3v) is 3.00. The number of benzene rings is 1. The monoisotopic (exact) mass is 288 g/mol. The Kier molecular flexibility index (Phi) is 5.09. The highest BCUT2D eigenvalue weighted by Crippen LogP contribution is 2.17. The number of nitrogens with one attached hydrogen (secondary N) is 2. The summed E-state index contributed by atoms with van der Waals surface area (Å²) < 4.78 is 12.9. The Morgan fingerprint density at radius 1 is 1.05 bits per heavy atom. The molecule has 0 fully saturated rings. The third kappa shape index (κ3) is 4.41. The number of hydrogen-bond acceptors (Lipinski definition) is 4.